The van der Waals surface area contributed by atoms with Crippen LogP contribution in [0.15, 0.2) is 30.3 Å². The third-order valence-corrected chi connectivity index (χ3v) is 2.24. The molecule has 0 heterocycles. The van der Waals surface area contributed by atoms with Crippen molar-refractivity contribution < 1.29 is 9.53 Å². The monoisotopic (exact) mass is 233 g/mol. The van der Waals surface area contributed by atoms with Crippen molar-refractivity contribution >= 4 is 12.0 Å². The average molecular weight is 233 g/mol. The van der Waals surface area contributed by atoms with E-state index in [4.69, 9.17) is 10.5 Å². The average Bonchev–Trinajstić information content (AvgIpc) is 2.28. The van der Waals surface area contributed by atoms with Crippen LogP contribution in [-0.4, -0.2) is 18.6 Å². The first-order valence-electron chi connectivity index (χ1n) is 5.81. The van der Waals surface area contributed by atoms with Gasteiger partial charge in [0.1, 0.15) is 0 Å². The Hall–Kier alpha value is -1.61. The largest absolute Gasteiger partial charge is 0.463 e. The van der Waals surface area contributed by atoms with Crippen LogP contribution in [0.4, 0.5) is 0 Å². The van der Waals surface area contributed by atoms with Crippen LogP contribution in [0.3, 0.4) is 0 Å². The second-order valence-corrected chi connectivity index (χ2v) is 4.01. The summed E-state index contributed by atoms with van der Waals surface area (Å²) in [5.41, 5.74) is 7.90. The Kier molecular flexibility index (Phi) is 5.43. The third-order valence-electron chi connectivity index (χ3n) is 2.24. The highest BCUT2D eigenvalue weighted by molar-refractivity contribution is 5.86. The summed E-state index contributed by atoms with van der Waals surface area (Å²) in [5, 5.41) is 0. The fraction of sp³-hybridized carbons (Fsp3) is 0.357. The summed E-state index contributed by atoms with van der Waals surface area (Å²) in [6.45, 7) is 4.17. The predicted octanol–water partition coefficient (Wildman–Crippen LogP) is 2.15. The number of benzene rings is 1. The molecule has 2 N–H and O–H groups in total. The van der Waals surface area contributed by atoms with Gasteiger partial charge >= 0.3 is 5.97 Å². The minimum atomic E-state index is -0.313. The quantitative estimate of drug-likeness (QED) is 0.626. The van der Waals surface area contributed by atoms with Crippen LogP contribution in [0.2, 0.25) is 0 Å². The Morgan fingerprint density at radius 3 is 2.59 bits per heavy atom. The zero-order valence-electron chi connectivity index (χ0n) is 10.3. The molecule has 1 atom stereocenters. The molecule has 1 aromatic carbocycles. The van der Waals surface area contributed by atoms with Gasteiger partial charge in [-0.25, -0.2) is 4.79 Å². The van der Waals surface area contributed by atoms with E-state index in [0.29, 0.717) is 6.61 Å². The number of esters is 1. The van der Waals surface area contributed by atoms with Crippen LogP contribution < -0.4 is 5.73 Å². The van der Waals surface area contributed by atoms with E-state index in [-0.39, 0.29) is 12.0 Å². The van der Waals surface area contributed by atoms with Gasteiger partial charge in [0.05, 0.1) is 6.61 Å². The number of carbonyl (C=O) groups excluding carboxylic acids is 1. The molecule has 1 unspecified atom stereocenters. The minimum Gasteiger partial charge on any atom is -0.463 e. The summed E-state index contributed by atoms with van der Waals surface area (Å²) in [5.74, 6) is -0.313. The van der Waals surface area contributed by atoms with Crippen LogP contribution >= 0.6 is 0 Å². The van der Waals surface area contributed by atoms with E-state index in [1.165, 1.54) is 11.6 Å². The summed E-state index contributed by atoms with van der Waals surface area (Å²) in [7, 11) is 0. The normalized spacial score (nSPS) is 12.6. The van der Waals surface area contributed by atoms with E-state index in [9.17, 15) is 4.79 Å². The lowest BCUT2D eigenvalue weighted by molar-refractivity contribution is -0.137. The first-order valence-corrected chi connectivity index (χ1v) is 5.81. The van der Waals surface area contributed by atoms with Crippen molar-refractivity contribution in [2.75, 3.05) is 6.61 Å². The zero-order chi connectivity index (χ0) is 12.7. The Morgan fingerprint density at radius 2 is 2.06 bits per heavy atom. The molecule has 0 aliphatic heterocycles. The molecule has 3 heteroatoms. The van der Waals surface area contributed by atoms with Gasteiger partial charge < -0.3 is 10.5 Å². The molecule has 1 rings (SSSR count). The van der Waals surface area contributed by atoms with Gasteiger partial charge in [-0.05, 0) is 37.5 Å². The number of rotatable bonds is 5. The van der Waals surface area contributed by atoms with Gasteiger partial charge in [-0.2, -0.15) is 0 Å². The van der Waals surface area contributed by atoms with Crippen molar-refractivity contribution in [3.05, 3.63) is 41.5 Å². The molecule has 0 radical (unpaired) electrons. The lowest BCUT2D eigenvalue weighted by Crippen LogP contribution is -2.17. The summed E-state index contributed by atoms with van der Waals surface area (Å²) in [4.78, 5) is 11.1. The summed E-state index contributed by atoms with van der Waals surface area (Å²) >= 11 is 0. The van der Waals surface area contributed by atoms with Gasteiger partial charge in [0.2, 0.25) is 0 Å². The highest BCUT2D eigenvalue weighted by Crippen LogP contribution is 2.08. The Balaban J connectivity index is 2.59. The van der Waals surface area contributed by atoms with E-state index in [1.54, 1.807) is 13.0 Å². The minimum absolute atomic E-state index is 0.163. The summed E-state index contributed by atoms with van der Waals surface area (Å²) < 4.78 is 4.80. The summed E-state index contributed by atoms with van der Waals surface area (Å²) in [6, 6.07) is 8.14. The molecule has 0 saturated carbocycles. The van der Waals surface area contributed by atoms with E-state index in [2.05, 4.69) is 0 Å². The van der Waals surface area contributed by atoms with E-state index in [1.807, 2.05) is 31.2 Å². The highest BCUT2D eigenvalue weighted by atomic mass is 16.5. The SMILES string of the molecule is CCOC(=O)/C=C/c1ccc(CC(C)N)cc1. The first-order chi connectivity index (χ1) is 8.11. The van der Waals surface area contributed by atoms with Gasteiger partial charge in [-0.15, -0.1) is 0 Å². The number of ether oxygens (including phenoxy) is 1. The van der Waals surface area contributed by atoms with Crippen molar-refractivity contribution in [2.24, 2.45) is 5.73 Å². The Labute approximate surface area is 102 Å². The maximum absolute atomic E-state index is 11.1. The molecule has 0 aromatic heterocycles. The van der Waals surface area contributed by atoms with E-state index < -0.39 is 0 Å². The number of nitrogens with two attached hydrogens (primary N) is 1. The fourth-order valence-corrected chi connectivity index (χ4v) is 1.49. The van der Waals surface area contributed by atoms with Crippen molar-refractivity contribution in [2.45, 2.75) is 26.3 Å². The van der Waals surface area contributed by atoms with E-state index >= 15 is 0 Å². The lowest BCUT2D eigenvalue weighted by Gasteiger charge is -2.04. The second-order valence-electron chi connectivity index (χ2n) is 4.01. The molecular weight excluding hydrogens is 214 g/mol. The second kappa shape index (κ2) is 6.86. The summed E-state index contributed by atoms with van der Waals surface area (Å²) in [6.07, 6.45) is 4.04. The highest BCUT2D eigenvalue weighted by Gasteiger charge is 1.98. The van der Waals surface area contributed by atoms with Gasteiger partial charge in [0, 0.05) is 12.1 Å². The molecule has 92 valence electrons. The molecule has 0 fully saturated rings. The maximum Gasteiger partial charge on any atom is 0.330 e. The van der Waals surface area contributed by atoms with Gasteiger partial charge in [0.15, 0.2) is 0 Å². The predicted molar refractivity (Wildman–Crippen MR) is 69.5 cm³/mol. The van der Waals surface area contributed by atoms with Gasteiger partial charge in [-0.3, -0.25) is 0 Å². The first kappa shape index (κ1) is 13.5. The van der Waals surface area contributed by atoms with Crippen LogP contribution in [0, 0.1) is 0 Å². The molecule has 0 saturated heterocycles. The topological polar surface area (TPSA) is 52.3 Å². The molecule has 17 heavy (non-hydrogen) atoms. The van der Waals surface area contributed by atoms with Gasteiger partial charge in [-0.1, -0.05) is 24.3 Å². The Bertz CT molecular complexity index is 380. The van der Waals surface area contributed by atoms with Crippen LogP contribution in [-0.2, 0) is 16.0 Å². The lowest BCUT2D eigenvalue weighted by atomic mass is 10.1. The Morgan fingerprint density at radius 1 is 1.41 bits per heavy atom. The van der Waals surface area contributed by atoms with Crippen LogP contribution in [0.5, 0.6) is 0 Å². The van der Waals surface area contributed by atoms with Crippen molar-refractivity contribution in [3.8, 4) is 0 Å². The fourth-order valence-electron chi connectivity index (χ4n) is 1.49. The standard InChI is InChI=1S/C14H19NO2/c1-3-17-14(16)9-8-12-4-6-13(7-5-12)10-11(2)15/h4-9,11H,3,10,15H2,1-2H3/b9-8+. The van der Waals surface area contributed by atoms with Crippen LogP contribution in [0.25, 0.3) is 6.08 Å². The number of carbonyl (C=O) groups is 1. The molecule has 0 amide bonds. The maximum atomic E-state index is 11.1. The molecular formula is C14H19NO2. The number of hydrogen-bond donors (Lipinski definition) is 1. The molecule has 0 aliphatic rings. The van der Waals surface area contributed by atoms with Gasteiger partial charge in [0.25, 0.3) is 0 Å². The molecule has 0 spiro atoms. The molecule has 0 bridgehead atoms. The molecule has 3 nitrogen and oxygen atoms in total. The van der Waals surface area contributed by atoms with E-state index in [0.717, 1.165) is 12.0 Å². The third kappa shape index (κ3) is 5.31. The van der Waals surface area contributed by atoms with Crippen LogP contribution in [0.1, 0.15) is 25.0 Å². The smallest absolute Gasteiger partial charge is 0.330 e. The van der Waals surface area contributed by atoms with Crippen molar-refractivity contribution in [3.63, 3.8) is 0 Å². The van der Waals surface area contributed by atoms with Crippen molar-refractivity contribution in [1.82, 2.24) is 0 Å². The van der Waals surface area contributed by atoms with Crippen molar-refractivity contribution in [1.29, 1.82) is 0 Å². The number of hydrogen-bond acceptors (Lipinski definition) is 3. The zero-order valence-corrected chi connectivity index (χ0v) is 10.3. The molecule has 0 aliphatic carbocycles. The molecule has 1 aromatic rings.